The van der Waals surface area contributed by atoms with Crippen molar-refractivity contribution in [1.29, 1.82) is 0 Å². The van der Waals surface area contributed by atoms with Crippen LogP contribution in [0.4, 0.5) is 5.00 Å². The second-order valence-corrected chi connectivity index (χ2v) is 9.51. The van der Waals surface area contributed by atoms with Gasteiger partial charge in [-0.3, -0.25) is 4.79 Å². The molecule has 2 aromatic carbocycles. The molecule has 0 bridgehead atoms. The first kappa shape index (κ1) is 22.7. The summed E-state index contributed by atoms with van der Waals surface area (Å²) in [5, 5.41) is 4.23. The molecular formula is C27H26N2O3S. The molecule has 0 atom stereocenters. The molecule has 4 rings (SSSR count). The third kappa shape index (κ3) is 4.52. The summed E-state index contributed by atoms with van der Waals surface area (Å²) in [6.45, 7) is 9.44. The summed E-state index contributed by atoms with van der Waals surface area (Å²) >= 11 is 1.38. The summed E-state index contributed by atoms with van der Waals surface area (Å²) < 4.78 is 5.43. The molecule has 4 aromatic rings. The van der Waals surface area contributed by atoms with E-state index in [0.29, 0.717) is 16.1 Å². The van der Waals surface area contributed by atoms with Crippen molar-refractivity contribution in [3.05, 3.63) is 81.7 Å². The number of anilines is 1. The molecule has 33 heavy (non-hydrogen) atoms. The van der Waals surface area contributed by atoms with Crippen LogP contribution in [0.15, 0.2) is 54.6 Å². The van der Waals surface area contributed by atoms with Gasteiger partial charge in [-0.05, 0) is 57.9 Å². The van der Waals surface area contributed by atoms with Gasteiger partial charge in [0, 0.05) is 15.8 Å². The first-order chi connectivity index (χ1) is 15.8. The predicted molar refractivity (Wildman–Crippen MR) is 134 cm³/mol. The highest BCUT2D eigenvalue weighted by Crippen LogP contribution is 2.34. The van der Waals surface area contributed by atoms with Crippen LogP contribution in [0.2, 0.25) is 0 Å². The van der Waals surface area contributed by atoms with Gasteiger partial charge >= 0.3 is 5.97 Å². The molecule has 1 amide bonds. The van der Waals surface area contributed by atoms with Crippen LogP contribution in [-0.2, 0) is 4.74 Å². The maximum Gasteiger partial charge on any atom is 0.341 e. The van der Waals surface area contributed by atoms with E-state index < -0.39 is 5.97 Å². The Hall–Kier alpha value is -3.51. The lowest BCUT2D eigenvalue weighted by Crippen LogP contribution is -2.17. The number of carbonyl (C=O) groups is 2. The van der Waals surface area contributed by atoms with Crippen LogP contribution in [0.3, 0.4) is 0 Å². The summed E-state index contributed by atoms with van der Waals surface area (Å²) in [4.78, 5) is 32.0. The quantitative estimate of drug-likeness (QED) is 0.338. The van der Waals surface area contributed by atoms with Gasteiger partial charge in [0.1, 0.15) is 5.00 Å². The lowest BCUT2D eigenvalue weighted by Gasteiger charge is -2.13. The van der Waals surface area contributed by atoms with Crippen LogP contribution in [0.25, 0.3) is 22.2 Å². The molecule has 5 nitrogen and oxygen atoms in total. The summed E-state index contributed by atoms with van der Waals surface area (Å²) in [5.41, 5.74) is 5.26. The number of aromatic nitrogens is 1. The van der Waals surface area contributed by atoms with Gasteiger partial charge in [-0.25, -0.2) is 9.78 Å². The van der Waals surface area contributed by atoms with E-state index in [2.05, 4.69) is 5.32 Å². The van der Waals surface area contributed by atoms with Crippen molar-refractivity contribution < 1.29 is 14.3 Å². The molecule has 2 heterocycles. The lowest BCUT2D eigenvalue weighted by molar-refractivity contribution is 0.0379. The number of amides is 1. The highest BCUT2D eigenvalue weighted by Gasteiger charge is 2.24. The van der Waals surface area contributed by atoms with E-state index in [4.69, 9.17) is 9.72 Å². The van der Waals surface area contributed by atoms with Crippen LogP contribution in [-0.4, -0.2) is 23.0 Å². The van der Waals surface area contributed by atoms with Gasteiger partial charge in [0.25, 0.3) is 5.91 Å². The van der Waals surface area contributed by atoms with Gasteiger partial charge in [-0.15, -0.1) is 11.3 Å². The van der Waals surface area contributed by atoms with Gasteiger partial charge in [0.2, 0.25) is 0 Å². The van der Waals surface area contributed by atoms with E-state index in [-0.39, 0.29) is 12.0 Å². The molecule has 0 aliphatic rings. The predicted octanol–water partition coefficient (Wildman–Crippen LogP) is 6.71. The molecule has 0 spiro atoms. The number of hydrogen-bond donors (Lipinski definition) is 1. The van der Waals surface area contributed by atoms with Crippen LogP contribution in [0.1, 0.15) is 50.6 Å². The number of rotatable bonds is 5. The molecule has 0 saturated carbocycles. The van der Waals surface area contributed by atoms with Gasteiger partial charge < -0.3 is 10.1 Å². The monoisotopic (exact) mass is 458 g/mol. The number of hydrogen-bond acceptors (Lipinski definition) is 5. The standard InChI is InChI=1S/C27H26N2O3S/c1-15(2)32-27(31)24-17(4)18(5)33-26(24)29-25(30)21-14-23(19-11-7-6-10-16(19)3)28-22-13-9-8-12-20(21)22/h6-15H,1-5H3,(H,29,30). The number of pyridine rings is 1. The zero-order valence-electron chi connectivity index (χ0n) is 19.4. The minimum atomic E-state index is -0.428. The number of fused-ring (bicyclic) bond motifs is 1. The van der Waals surface area contributed by atoms with Crippen molar-refractivity contribution >= 4 is 39.1 Å². The largest absolute Gasteiger partial charge is 0.459 e. The number of thiophene rings is 1. The zero-order chi connectivity index (χ0) is 23.7. The smallest absolute Gasteiger partial charge is 0.341 e. The number of para-hydroxylation sites is 1. The maximum atomic E-state index is 13.5. The minimum absolute atomic E-state index is 0.249. The Bertz CT molecular complexity index is 1370. The number of nitrogens with zero attached hydrogens (tertiary/aromatic N) is 1. The molecule has 0 radical (unpaired) electrons. The molecule has 1 N–H and O–H groups in total. The van der Waals surface area contributed by atoms with E-state index in [1.165, 1.54) is 11.3 Å². The first-order valence-electron chi connectivity index (χ1n) is 10.8. The zero-order valence-corrected chi connectivity index (χ0v) is 20.2. The topological polar surface area (TPSA) is 68.3 Å². The van der Waals surface area contributed by atoms with Crippen molar-refractivity contribution in [3.63, 3.8) is 0 Å². The van der Waals surface area contributed by atoms with Crippen LogP contribution >= 0.6 is 11.3 Å². The van der Waals surface area contributed by atoms with Crippen molar-refractivity contribution in [2.75, 3.05) is 5.32 Å². The lowest BCUT2D eigenvalue weighted by atomic mass is 10.0. The second-order valence-electron chi connectivity index (χ2n) is 8.28. The molecule has 0 saturated heterocycles. The third-order valence-corrected chi connectivity index (χ3v) is 6.66. The van der Waals surface area contributed by atoms with Crippen molar-refractivity contribution in [1.82, 2.24) is 4.98 Å². The summed E-state index contributed by atoms with van der Waals surface area (Å²) in [7, 11) is 0. The first-order valence-corrected chi connectivity index (χ1v) is 11.7. The number of carbonyl (C=O) groups excluding carboxylic acids is 2. The Morgan fingerprint density at radius 2 is 1.70 bits per heavy atom. The summed E-state index contributed by atoms with van der Waals surface area (Å²) in [6.07, 6.45) is -0.249. The summed E-state index contributed by atoms with van der Waals surface area (Å²) in [6, 6.07) is 17.4. The Balaban J connectivity index is 1.79. The average Bonchev–Trinajstić information content (AvgIpc) is 3.05. The molecule has 0 unspecified atom stereocenters. The molecular weight excluding hydrogens is 432 g/mol. The van der Waals surface area contributed by atoms with Gasteiger partial charge in [0.05, 0.1) is 28.4 Å². The highest BCUT2D eigenvalue weighted by molar-refractivity contribution is 7.16. The van der Waals surface area contributed by atoms with E-state index in [0.717, 1.165) is 38.2 Å². The fourth-order valence-electron chi connectivity index (χ4n) is 3.77. The molecule has 0 fully saturated rings. The van der Waals surface area contributed by atoms with Gasteiger partial charge in [0.15, 0.2) is 0 Å². The van der Waals surface area contributed by atoms with Crippen LogP contribution < -0.4 is 5.32 Å². The third-order valence-electron chi connectivity index (χ3n) is 5.54. The van der Waals surface area contributed by atoms with E-state index in [9.17, 15) is 9.59 Å². The fraction of sp³-hybridized carbons (Fsp3) is 0.222. The van der Waals surface area contributed by atoms with Crippen molar-refractivity contribution in [3.8, 4) is 11.3 Å². The number of benzene rings is 2. The Labute approximate surface area is 197 Å². The minimum Gasteiger partial charge on any atom is -0.459 e. The number of aryl methyl sites for hydroxylation is 2. The normalized spacial score (nSPS) is 11.1. The Morgan fingerprint density at radius 3 is 2.42 bits per heavy atom. The molecule has 0 aliphatic heterocycles. The molecule has 6 heteroatoms. The number of esters is 1. The van der Waals surface area contributed by atoms with Crippen LogP contribution in [0.5, 0.6) is 0 Å². The van der Waals surface area contributed by atoms with E-state index in [1.807, 2.05) is 75.4 Å². The average molecular weight is 459 g/mol. The number of nitrogens with one attached hydrogen (secondary N) is 1. The van der Waals surface area contributed by atoms with Gasteiger partial charge in [-0.1, -0.05) is 42.5 Å². The molecule has 2 aromatic heterocycles. The SMILES string of the molecule is Cc1ccccc1-c1cc(C(=O)Nc2sc(C)c(C)c2C(=O)OC(C)C)c2ccccc2n1. The second kappa shape index (κ2) is 9.16. The molecule has 0 aliphatic carbocycles. The Kier molecular flexibility index (Phi) is 6.29. The highest BCUT2D eigenvalue weighted by atomic mass is 32.1. The molecule has 168 valence electrons. The van der Waals surface area contributed by atoms with Gasteiger partial charge in [-0.2, -0.15) is 0 Å². The number of ether oxygens (including phenoxy) is 1. The maximum absolute atomic E-state index is 13.5. The Morgan fingerprint density at radius 1 is 1.00 bits per heavy atom. The fourth-order valence-corrected chi connectivity index (χ4v) is 4.81. The van der Waals surface area contributed by atoms with E-state index in [1.54, 1.807) is 13.8 Å². The van der Waals surface area contributed by atoms with Crippen molar-refractivity contribution in [2.24, 2.45) is 0 Å². The van der Waals surface area contributed by atoms with Crippen LogP contribution in [0, 0.1) is 20.8 Å². The van der Waals surface area contributed by atoms with Crippen molar-refractivity contribution in [2.45, 2.75) is 40.7 Å². The van der Waals surface area contributed by atoms with E-state index >= 15 is 0 Å². The summed E-state index contributed by atoms with van der Waals surface area (Å²) in [5.74, 6) is -0.717.